The molecule has 18 heavy (non-hydrogen) atoms. The van der Waals surface area contributed by atoms with Crippen LogP contribution in [0, 0.1) is 22.2 Å². The largest absolute Gasteiger partial charge is 0.281 e. The van der Waals surface area contributed by atoms with Crippen molar-refractivity contribution >= 4 is 11.8 Å². The Bertz CT molecular complexity index is 414. The van der Waals surface area contributed by atoms with Gasteiger partial charge in [0.2, 0.25) is 11.8 Å². The van der Waals surface area contributed by atoms with E-state index in [-0.39, 0.29) is 18.4 Å². The lowest BCUT2D eigenvalue weighted by Gasteiger charge is -2.31. The van der Waals surface area contributed by atoms with Crippen LogP contribution in [0.5, 0.6) is 0 Å². The topological polar surface area (TPSA) is 61.2 Å². The van der Waals surface area contributed by atoms with Crippen LogP contribution in [-0.4, -0.2) is 23.3 Å². The standard InChI is InChI=1S/C14H20N2O2/c1-13(2,9-15)10-16-11(17)8-14(12(16)18)6-4-3-5-7-14/h3-8,10H2,1-2H3. The van der Waals surface area contributed by atoms with E-state index in [1.807, 2.05) is 0 Å². The molecule has 2 fully saturated rings. The van der Waals surface area contributed by atoms with Crippen LogP contribution in [0.3, 0.4) is 0 Å². The second-order valence-corrected chi connectivity index (χ2v) is 6.30. The van der Waals surface area contributed by atoms with Crippen LogP contribution in [0.1, 0.15) is 52.4 Å². The average Bonchev–Trinajstić information content (AvgIpc) is 2.55. The van der Waals surface area contributed by atoms with E-state index in [9.17, 15) is 9.59 Å². The third-order valence-electron chi connectivity index (χ3n) is 4.16. The molecule has 1 spiro atoms. The Morgan fingerprint density at radius 2 is 1.89 bits per heavy atom. The summed E-state index contributed by atoms with van der Waals surface area (Å²) in [6.45, 7) is 3.75. The zero-order chi connectivity index (χ0) is 13.4. The molecule has 0 radical (unpaired) electrons. The van der Waals surface area contributed by atoms with E-state index in [0.717, 1.165) is 32.1 Å². The Morgan fingerprint density at radius 3 is 2.44 bits per heavy atom. The fraction of sp³-hybridized carbons (Fsp3) is 0.786. The Kier molecular flexibility index (Phi) is 3.18. The minimum absolute atomic E-state index is 0.0319. The summed E-state index contributed by atoms with van der Waals surface area (Å²) >= 11 is 0. The van der Waals surface area contributed by atoms with Gasteiger partial charge in [0.15, 0.2) is 0 Å². The Labute approximate surface area is 108 Å². The summed E-state index contributed by atoms with van der Waals surface area (Å²) < 4.78 is 0. The lowest BCUT2D eigenvalue weighted by molar-refractivity contribution is -0.143. The maximum atomic E-state index is 12.5. The number of amides is 2. The summed E-state index contributed by atoms with van der Waals surface area (Å²) in [6.07, 6.45) is 5.26. The van der Waals surface area contributed by atoms with E-state index in [2.05, 4.69) is 6.07 Å². The van der Waals surface area contributed by atoms with Crippen molar-refractivity contribution in [3.63, 3.8) is 0 Å². The van der Waals surface area contributed by atoms with Crippen LogP contribution in [0.25, 0.3) is 0 Å². The van der Waals surface area contributed by atoms with Gasteiger partial charge in [0.1, 0.15) is 0 Å². The third kappa shape index (κ3) is 2.14. The van der Waals surface area contributed by atoms with Gasteiger partial charge < -0.3 is 0 Å². The Morgan fingerprint density at radius 1 is 1.28 bits per heavy atom. The molecular weight excluding hydrogens is 228 g/mol. The quantitative estimate of drug-likeness (QED) is 0.704. The summed E-state index contributed by atoms with van der Waals surface area (Å²) in [4.78, 5) is 25.9. The number of likely N-dealkylation sites (tertiary alicyclic amines) is 1. The van der Waals surface area contributed by atoms with Gasteiger partial charge in [0.25, 0.3) is 0 Å². The van der Waals surface area contributed by atoms with Crippen LogP contribution in [0.4, 0.5) is 0 Å². The molecular formula is C14H20N2O2. The number of imide groups is 1. The molecule has 0 N–H and O–H groups in total. The van der Waals surface area contributed by atoms with Crippen molar-refractivity contribution in [3.05, 3.63) is 0 Å². The minimum atomic E-state index is -0.661. The Balaban J connectivity index is 2.17. The van der Waals surface area contributed by atoms with Crippen molar-refractivity contribution in [1.82, 2.24) is 4.90 Å². The van der Waals surface area contributed by atoms with E-state index in [1.54, 1.807) is 13.8 Å². The van der Waals surface area contributed by atoms with Gasteiger partial charge in [-0.3, -0.25) is 14.5 Å². The van der Waals surface area contributed by atoms with Gasteiger partial charge in [-0.25, -0.2) is 0 Å². The highest BCUT2D eigenvalue weighted by molar-refractivity contribution is 6.06. The molecule has 0 aromatic rings. The van der Waals surface area contributed by atoms with Gasteiger partial charge in [-0.05, 0) is 26.7 Å². The molecule has 0 aromatic heterocycles. The van der Waals surface area contributed by atoms with Gasteiger partial charge in [0.05, 0.1) is 16.9 Å². The number of hydrogen-bond acceptors (Lipinski definition) is 3. The van der Waals surface area contributed by atoms with Gasteiger partial charge >= 0.3 is 0 Å². The molecule has 0 atom stereocenters. The molecule has 0 aromatic carbocycles. The van der Waals surface area contributed by atoms with E-state index >= 15 is 0 Å². The smallest absolute Gasteiger partial charge is 0.235 e. The van der Waals surface area contributed by atoms with Crippen molar-refractivity contribution in [2.75, 3.05) is 6.54 Å². The lowest BCUT2D eigenvalue weighted by atomic mass is 9.73. The van der Waals surface area contributed by atoms with Crippen LogP contribution < -0.4 is 0 Å². The predicted octanol–water partition coefficient (Wildman–Crippen LogP) is 2.25. The number of carbonyl (C=O) groups excluding carboxylic acids is 2. The number of rotatable bonds is 2. The highest BCUT2D eigenvalue weighted by atomic mass is 16.2. The molecule has 1 aliphatic heterocycles. The van der Waals surface area contributed by atoms with Gasteiger partial charge in [-0.15, -0.1) is 0 Å². The van der Waals surface area contributed by atoms with Crippen molar-refractivity contribution in [2.45, 2.75) is 52.4 Å². The zero-order valence-corrected chi connectivity index (χ0v) is 11.2. The number of carbonyl (C=O) groups is 2. The molecule has 0 unspecified atom stereocenters. The lowest BCUT2D eigenvalue weighted by Crippen LogP contribution is -2.41. The van der Waals surface area contributed by atoms with Crippen LogP contribution in [-0.2, 0) is 9.59 Å². The molecule has 1 heterocycles. The molecule has 2 rings (SSSR count). The molecule has 4 nitrogen and oxygen atoms in total. The van der Waals surface area contributed by atoms with E-state index in [4.69, 9.17) is 5.26 Å². The summed E-state index contributed by atoms with van der Waals surface area (Å²) in [5.41, 5.74) is -1.09. The third-order valence-corrected chi connectivity index (χ3v) is 4.16. The van der Waals surface area contributed by atoms with Crippen LogP contribution >= 0.6 is 0 Å². The number of nitrogens with zero attached hydrogens (tertiary/aromatic N) is 2. The van der Waals surface area contributed by atoms with Crippen LogP contribution in [0.2, 0.25) is 0 Å². The summed E-state index contributed by atoms with van der Waals surface area (Å²) in [5.74, 6) is -0.124. The molecule has 1 saturated heterocycles. The predicted molar refractivity (Wildman–Crippen MR) is 66.2 cm³/mol. The van der Waals surface area contributed by atoms with Gasteiger partial charge in [-0.1, -0.05) is 19.3 Å². The second kappa shape index (κ2) is 4.38. The first-order valence-electron chi connectivity index (χ1n) is 6.66. The van der Waals surface area contributed by atoms with Gasteiger partial charge in [0, 0.05) is 13.0 Å². The first kappa shape index (κ1) is 13.1. The second-order valence-electron chi connectivity index (χ2n) is 6.30. The van der Waals surface area contributed by atoms with E-state index < -0.39 is 10.8 Å². The highest BCUT2D eigenvalue weighted by Gasteiger charge is 2.52. The van der Waals surface area contributed by atoms with Crippen molar-refractivity contribution in [3.8, 4) is 6.07 Å². The number of nitriles is 1. The minimum Gasteiger partial charge on any atom is -0.281 e. The zero-order valence-electron chi connectivity index (χ0n) is 11.2. The number of hydrogen-bond donors (Lipinski definition) is 0. The monoisotopic (exact) mass is 248 g/mol. The summed E-state index contributed by atoms with van der Waals surface area (Å²) in [6, 6.07) is 2.15. The first-order valence-corrected chi connectivity index (χ1v) is 6.66. The fourth-order valence-corrected chi connectivity index (χ4v) is 3.07. The SMILES string of the molecule is CC(C)(C#N)CN1C(=O)CC2(CCCCC2)C1=O. The van der Waals surface area contributed by atoms with E-state index in [0.29, 0.717) is 6.42 Å². The summed E-state index contributed by atoms with van der Waals surface area (Å²) in [5, 5.41) is 9.03. The maximum absolute atomic E-state index is 12.5. The van der Waals surface area contributed by atoms with Crippen LogP contribution in [0.15, 0.2) is 0 Å². The molecule has 2 amide bonds. The van der Waals surface area contributed by atoms with Crippen molar-refractivity contribution in [1.29, 1.82) is 5.26 Å². The highest BCUT2D eigenvalue weighted by Crippen LogP contribution is 2.45. The van der Waals surface area contributed by atoms with Crippen molar-refractivity contribution in [2.24, 2.45) is 10.8 Å². The molecule has 2 aliphatic rings. The molecule has 1 saturated carbocycles. The normalized spacial score (nSPS) is 23.5. The summed E-state index contributed by atoms with van der Waals surface area (Å²) in [7, 11) is 0. The van der Waals surface area contributed by atoms with Gasteiger partial charge in [-0.2, -0.15) is 5.26 Å². The first-order chi connectivity index (χ1) is 8.40. The molecule has 4 heteroatoms. The fourth-order valence-electron chi connectivity index (χ4n) is 3.07. The average molecular weight is 248 g/mol. The molecule has 1 aliphatic carbocycles. The molecule has 0 bridgehead atoms. The van der Waals surface area contributed by atoms with Crippen molar-refractivity contribution < 1.29 is 9.59 Å². The maximum Gasteiger partial charge on any atom is 0.235 e. The molecule has 98 valence electrons. The van der Waals surface area contributed by atoms with E-state index in [1.165, 1.54) is 4.90 Å². The Hall–Kier alpha value is -1.37.